The lowest BCUT2D eigenvalue weighted by Crippen LogP contribution is -2.51. The number of benzene rings is 1. The number of urea groups is 1. The predicted octanol–water partition coefficient (Wildman–Crippen LogP) is 2.93. The smallest absolute Gasteiger partial charge is 0.338 e. The van der Waals surface area contributed by atoms with Crippen molar-refractivity contribution in [2.45, 2.75) is 45.6 Å². The van der Waals surface area contributed by atoms with E-state index in [1.807, 2.05) is 36.1 Å². The zero-order valence-corrected chi connectivity index (χ0v) is 21.6. The molecule has 3 aliphatic rings. The van der Waals surface area contributed by atoms with Crippen molar-refractivity contribution in [1.29, 1.82) is 0 Å². The molecule has 196 valence electrons. The van der Waals surface area contributed by atoms with Gasteiger partial charge in [-0.1, -0.05) is 24.6 Å². The number of carbonyl (C=O) groups excluding carboxylic acids is 3. The number of esters is 1. The van der Waals surface area contributed by atoms with E-state index in [1.54, 1.807) is 18.9 Å². The molecule has 1 aromatic rings. The van der Waals surface area contributed by atoms with Gasteiger partial charge in [-0.15, -0.1) is 0 Å². The van der Waals surface area contributed by atoms with Gasteiger partial charge in [-0.05, 0) is 39.2 Å². The van der Waals surface area contributed by atoms with Gasteiger partial charge in [0.1, 0.15) is 5.75 Å². The van der Waals surface area contributed by atoms with Crippen LogP contribution in [0.15, 0.2) is 35.5 Å². The van der Waals surface area contributed by atoms with E-state index >= 15 is 0 Å². The van der Waals surface area contributed by atoms with E-state index in [9.17, 15) is 14.4 Å². The zero-order chi connectivity index (χ0) is 25.7. The molecule has 36 heavy (non-hydrogen) atoms. The molecule has 2 heterocycles. The van der Waals surface area contributed by atoms with Gasteiger partial charge in [-0.3, -0.25) is 14.6 Å². The number of likely N-dealkylation sites (N-methyl/N-ethyl adjacent to an activating group) is 1. The number of para-hydroxylation sites is 1. The van der Waals surface area contributed by atoms with Crippen LogP contribution in [0.3, 0.4) is 0 Å². The number of methoxy groups -OCH3 is 1. The fourth-order valence-corrected chi connectivity index (χ4v) is 5.27. The van der Waals surface area contributed by atoms with Gasteiger partial charge < -0.3 is 19.7 Å². The molecule has 2 aliphatic heterocycles. The molecule has 0 aromatic heterocycles. The Morgan fingerprint density at radius 1 is 1.06 bits per heavy atom. The highest BCUT2D eigenvalue weighted by atomic mass is 16.5. The summed E-state index contributed by atoms with van der Waals surface area (Å²) in [5.74, 6) is 0.610. The van der Waals surface area contributed by atoms with E-state index in [-0.39, 0.29) is 24.5 Å². The fourth-order valence-electron chi connectivity index (χ4n) is 5.27. The van der Waals surface area contributed by atoms with Crippen molar-refractivity contribution in [2.24, 2.45) is 5.92 Å². The Balaban J connectivity index is 1.65. The molecule has 1 aliphatic carbocycles. The van der Waals surface area contributed by atoms with Crippen molar-refractivity contribution in [3.05, 3.63) is 41.1 Å². The molecule has 9 nitrogen and oxygen atoms in total. The van der Waals surface area contributed by atoms with Crippen molar-refractivity contribution < 1.29 is 23.9 Å². The Bertz CT molecular complexity index is 1010. The highest BCUT2D eigenvalue weighted by Gasteiger charge is 2.39. The van der Waals surface area contributed by atoms with Gasteiger partial charge in [0, 0.05) is 56.4 Å². The van der Waals surface area contributed by atoms with Crippen molar-refractivity contribution in [1.82, 2.24) is 20.0 Å². The number of amides is 3. The van der Waals surface area contributed by atoms with Crippen molar-refractivity contribution in [3.63, 3.8) is 0 Å². The van der Waals surface area contributed by atoms with Crippen LogP contribution < -0.4 is 10.1 Å². The lowest BCUT2D eigenvalue weighted by Gasteiger charge is -2.38. The van der Waals surface area contributed by atoms with Gasteiger partial charge in [-0.2, -0.15) is 0 Å². The lowest BCUT2D eigenvalue weighted by molar-refractivity contribution is -0.139. The fraction of sp³-hybridized carbons (Fsp3) is 0.593. The molecule has 3 amide bonds. The summed E-state index contributed by atoms with van der Waals surface area (Å²) in [6.07, 6.45) is 4.00. The van der Waals surface area contributed by atoms with Gasteiger partial charge in [0.15, 0.2) is 0 Å². The Morgan fingerprint density at radius 2 is 1.83 bits per heavy atom. The molecule has 1 aromatic carbocycles. The number of carbonyl (C=O) groups is 3. The predicted molar refractivity (Wildman–Crippen MR) is 135 cm³/mol. The zero-order valence-electron chi connectivity index (χ0n) is 21.6. The summed E-state index contributed by atoms with van der Waals surface area (Å²) in [6.45, 7) is 7.63. The first-order valence-electron chi connectivity index (χ1n) is 13.1. The first-order valence-corrected chi connectivity index (χ1v) is 13.1. The number of nitrogens with one attached hydrogen (secondary N) is 1. The van der Waals surface area contributed by atoms with Gasteiger partial charge in [0.05, 0.1) is 25.3 Å². The minimum atomic E-state index is -0.686. The molecule has 1 saturated carbocycles. The standard InChI is InChI=1S/C27H38N4O5/c1-4-31-21(18-29-14-9-15-30(17-16-29)25(32)19-10-8-11-19)23(26(33)36-5-2)24(28-27(31)34)20-12-6-7-13-22(20)35-3/h6-7,12-13,19,24H,4-5,8-11,14-18H2,1-3H3,(H,28,34). The number of ether oxygens (including phenoxy) is 2. The Labute approximate surface area is 213 Å². The molecule has 0 spiro atoms. The molecule has 1 unspecified atom stereocenters. The highest BCUT2D eigenvalue weighted by molar-refractivity contribution is 5.95. The maximum atomic E-state index is 13.4. The summed E-state index contributed by atoms with van der Waals surface area (Å²) in [7, 11) is 1.57. The van der Waals surface area contributed by atoms with E-state index < -0.39 is 12.0 Å². The van der Waals surface area contributed by atoms with Gasteiger partial charge in [0.25, 0.3) is 0 Å². The minimum Gasteiger partial charge on any atom is -0.496 e. The molecule has 1 saturated heterocycles. The molecule has 1 atom stereocenters. The molecular formula is C27H38N4O5. The Hall–Kier alpha value is -3.07. The first kappa shape index (κ1) is 26.0. The van der Waals surface area contributed by atoms with E-state index in [0.29, 0.717) is 48.8 Å². The second kappa shape index (κ2) is 11.8. The average molecular weight is 499 g/mol. The van der Waals surface area contributed by atoms with Crippen LogP contribution in [-0.2, 0) is 14.3 Å². The van der Waals surface area contributed by atoms with Crippen molar-refractivity contribution >= 4 is 17.9 Å². The van der Waals surface area contributed by atoms with Gasteiger partial charge in [-0.25, -0.2) is 9.59 Å². The molecule has 9 heteroatoms. The number of nitrogens with zero attached hydrogens (tertiary/aromatic N) is 3. The Kier molecular flexibility index (Phi) is 8.51. The summed E-state index contributed by atoms with van der Waals surface area (Å²) in [4.78, 5) is 45.2. The van der Waals surface area contributed by atoms with Crippen molar-refractivity contribution in [3.8, 4) is 5.75 Å². The van der Waals surface area contributed by atoms with Crippen LogP contribution in [0.5, 0.6) is 5.75 Å². The van der Waals surface area contributed by atoms with E-state index in [0.717, 1.165) is 38.8 Å². The highest BCUT2D eigenvalue weighted by Crippen LogP contribution is 2.36. The topological polar surface area (TPSA) is 91.4 Å². The van der Waals surface area contributed by atoms with E-state index in [4.69, 9.17) is 9.47 Å². The molecule has 4 rings (SSSR count). The van der Waals surface area contributed by atoms with Crippen LogP contribution >= 0.6 is 0 Å². The summed E-state index contributed by atoms with van der Waals surface area (Å²) >= 11 is 0. The minimum absolute atomic E-state index is 0.189. The molecule has 1 N–H and O–H groups in total. The molecular weight excluding hydrogens is 460 g/mol. The summed E-state index contributed by atoms with van der Waals surface area (Å²) < 4.78 is 11.0. The second-order valence-electron chi connectivity index (χ2n) is 9.53. The average Bonchev–Trinajstić information content (AvgIpc) is 3.08. The third-order valence-corrected chi connectivity index (χ3v) is 7.43. The number of hydrogen-bond acceptors (Lipinski definition) is 6. The van der Waals surface area contributed by atoms with Crippen LogP contribution in [-0.4, -0.2) is 85.6 Å². The van der Waals surface area contributed by atoms with Crippen LogP contribution in [0.4, 0.5) is 4.79 Å². The SMILES string of the molecule is CCOC(=O)C1=C(CN2CCCN(C(=O)C3CCC3)CC2)N(CC)C(=O)NC1c1ccccc1OC. The van der Waals surface area contributed by atoms with Crippen LogP contribution in [0.1, 0.15) is 51.1 Å². The third kappa shape index (κ3) is 5.36. The number of rotatable bonds is 8. The van der Waals surface area contributed by atoms with Crippen LogP contribution in [0.25, 0.3) is 0 Å². The largest absolute Gasteiger partial charge is 0.496 e. The van der Waals surface area contributed by atoms with Crippen molar-refractivity contribution in [2.75, 3.05) is 53.0 Å². The maximum Gasteiger partial charge on any atom is 0.338 e. The molecule has 0 bridgehead atoms. The Morgan fingerprint density at radius 3 is 2.50 bits per heavy atom. The van der Waals surface area contributed by atoms with E-state index in [2.05, 4.69) is 10.2 Å². The summed E-state index contributed by atoms with van der Waals surface area (Å²) in [5.41, 5.74) is 1.78. The van der Waals surface area contributed by atoms with E-state index in [1.165, 1.54) is 0 Å². The first-order chi connectivity index (χ1) is 17.5. The third-order valence-electron chi connectivity index (χ3n) is 7.43. The molecule has 2 fully saturated rings. The molecule has 0 radical (unpaired) electrons. The summed E-state index contributed by atoms with van der Waals surface area (Å²) in [6, 6.07) is 6.45. The van der Waals surface area contributed by atoms with Crippen LogP contribution in [0.2, 0.25) is 0 Å². The normalized spacial score (nSPS) is 21.5. The summed E-state index contributed by atoms with van der Waals surface area (Å²) in [5, 5.41) is 3.00. The van der Waals surface area contributed by atoms with Crippen LogP contribution in [0, 0.1) is 5.92 Å². The number of hydrogen-bond donors (Lipinski definition) is 1. The second-order valence-corrected chi connectivity index (χ2v) is 9.53. The van der Waals surface area contributed by atoms with Gasteiger partial charge >= 0.3 is 12.0 Å². The lowest BCUT2D eigenvalue weighted by atomic mass is 9.84. The monoisotopic (exact) mass is 498 g/mol. The quantitative estimate of drug-likeness (QED) is 0.554. The maximum absolute atomic E-state index is 13.4. The van der Waals surface area contributed by atoms with Gasteiger partial charge in [0.2, 0.25) is 5.91 Å².